The summed E-state index contributed by atoms with van der Waals surface area (Å²) in [4.78, 5) is 23.0. The first-order valence-electron chi connectivity index (χ1n) is 7.15. The molecule has 0 fully saturated rings. The van der Waals surface area contributed by atoms with Crippen molar-refractivity contribution in [1.29, 1.82) is 0 Å². The highest BCUT2D eigenvalue weighted by Gasteiger charge is 2.08. The molecule has 0 radical (unpaired) electrons. The first-order valence-corrected chi connectivity index (χ1v) is 7.15. The Kier molecular flexibility index (Phi) is 7.40. The van der Waals surface area contributed by atoms with Gasteiger partial charge in [-0.1, -0.05) is 45.2 Å². The smallest absolute Gasteiger partial charge is 0.434 e. The van der Waals surface area contributed by atoms with Gasteiger partial charge in [-0.25, -0.2) is 4.79 Å². The van der Waals surface area contributed by atoms with Crippen molar-refractivity contribution in [2.24, 2.45) is 0 Å². The van der Waals surface area contributed by atoms with Crippen LogP contribution in [0.25, 0.3) is 0 Å². The van der Waals surface area contributed by atoms with E-state index in [1.54, 1.807) is 31.2 Å². The molecule has 0 amide bonds. The van der Waals surface area contributed by atoms with Crippen molar-refractivity contribution in [2.75, 3.05) is 6.61 Å². The zero-order valence-electron chi connectivity index (χ0n) is 12.2. The molecule has 0 aliphatic rings. The topological polar surface area (TPSA) is 52.6 Å². The Morgan fingerprint density at radius 1 is 1.10 bits per heavy atom. The van der Waals surface area contributed by atoms with Crippen molar-refractivity contribution in [3.8, 4) is 5.75 Å². The van der Waals surface area contributed by atoms with E-state index in [-0.39, 0.29) is 5.78 Å². The number of Topliss-reactive ketones (excluding diaryl/α,β-unsaturated/α-hetero) is 1. The van der Waals surface area contributed by atoms with Gasteiger partial charge in [0.2, 0.25) is 0 Å². The number of ketones is 1. The molecule has 0 atom stereocenters. The van der Waals surface area contributed by atoms with Gasteiger partial charge in [0.05, 0.1) is 6.61 Å². The van der Waals surface area contributed by atoms with E-state index in [0.29, 0.717) is 24.3 Å². The van der Waals surface area contributed by atoms with Crippen LogP contribution in [0.2, 0.25) is 0 Å². The summed E-state index contributed by atoms with van der Waals surface area (Å²) in [6.45, 7) is 4.28. The van der Waals surface area contributed by atoms with E-state index in [1.165, 1.54) is 0 Å². The molecule has 0 saturated carbocycles. The highest BCUT2D eigenvalue weighted by atomic mass is 16.7. The van der Waals surface area contributed by atoms with Crippen molar-refractivity contribution >= 4 is 11.9 Å². The molecule has 0 N–H and O–H groups in total. The second-order valence-electron chi connectivity index (χ2n) is 4.57. The molecule has 4 heteroatoms. The summed E-state index contributed by atoms with van der Waals surface area (Å²) in [7, 11) is 0. The predicted molar refractivity (Wildman–Crippen MR) is 77.2 cm³/mol. The molecular formula is C16H22O4. The lowest BCUT2D eigenvalue weighted by atomic mass is 10.1. The summed E-state index contributed by atoms with van der Waals surface area (Å²) in [5, 5.41) is 0. The highest BCUT2D eigenvalue weighted by Crippen LogP contribution is 2.15. The normalized spacial score (nSPS) is 10.1. The van der Waals surface area contributed by atoms with Crippen LogP contribution in [-0.2, 0) is 4.74 Å². The molecule has 4 nitrogen and oxygen atoms in total. The van der Waals surface area contributed by atoms with Crippen LogP contribution in [0.15, 0.2) is 24.3 Å². The number of carbonyl (C=O) groups excluding carboxylic acids is 2. The monoisotopic (exact) mass is 278 g/mol. The maximum Gasteiger partial charge on any atom is 0.513 e. The second-order valence-corrected chi connectivity index (χ2v) is 4.57. The average molecular weight is 278 g/mol. The lowest BCUT2D eigenvalue weighted by Gasteiger charge is -2.06. The number of benzene rings is 1. The van der Waals surface area contributed by atoms with Crippen LogP contribution in [-0.4, -0.2) is 18.5 Å². The third-order valence-electron chi connectivity index (χ3n) is 2.90. The van der Waals surface area contributed by atoms with E-state index in [4.69, 9.17) is 9.47 Å². The van der Waals surface area contributed by atoms with E-state index in [9.17, 15) is 9.59 Å². The highest BCUT2D eigenvalue weighted by molar-refractivity contribution is 5.96. The molecule has 0 aliphatic carbocycles. The number of carbonyl (C=O) groups is 2. The van der Waals surface area contributed by atoms with Crippen molar-refractivity contribution in [1.82, 2.24) is 0 Å². The van der Waals surface area contributed by atoms with Crippen LogP contribution in [0.4, 0.5) is 4.79 Å². The lowest BCUT2D eigenvalue weighted by Crippen LogP contribution is -2.11. The van der Waals surface area contributed by atoms with Gasteiger partial charge in [0.25, 0.3) is 0 Å². The molecule has 110 valence electrons. The molecule has 0 spiro atoms. The quantitative estimate of drug-likeness (QED) is 0.306. The minimum absolute atomic E-state index is 0.0170. The molecule has 0 unspecified atom stereocenters. The summed E-state index contributed by atoms with van der Waals surface area (Å²) >= 11 is 0. The van der Waals surface area contributed by atoms with Gasteiger partial charge in [0.1, 0.15) is 5.75 Å². The summed E-state index contributed by atoms with van der Waals surface area (Å²) < 4.78 is 10.0. The number of unbranched alkanes of at least 4 members (excludes halogenated alkanes) is 3. The zero-order chi connectivity index (χ0) is 14.8. The van der Waals surface area contributed by atoms with Crippen molar-refractivity contribution < 1.29 is 19.1 Å². The van der Waals surface area contributed by atoms with Gasteiger partial charge in [0.15, 0.2) is 5.78 Å². The molecule has 0 bridgehead atoms. The van der Waals surface area contributed by atoms with Crippen LogP contribution >= 0.6 is 0 Å². The third-order valence-corrected chi connectivity index (χ3v) is 2.90. The molecular weight excluding hydrogens is 256 g/mol. The Balaban J connectivity index is 2.40. The van der Waals surface area contributed by atoms with E-state index >= 15 is 0 Å². The van der Waals surface area contributed by atoms with E-state index < -0.39 is 6.16 Å². The first kappa shape index (κ1) is 16.2. The minimum Gasteiger partial charge on any atom is -0.434 e. The van der Waals surface area contributed by atoms with Crippen LogP contribution < -0.4 is 4.74 Å². The fourth-order valence-electron chi connectivity index (χ4n) is 1.75. The van der Waals surface area contributed by atoms with E-state index in [2.05, 4.69) is 6.92 Å². The van der Waals surface area contributed by atoms with Crippen LogP contribution in [0.5, 0.6) is 5.75 Å². The Morgan fingerprint density at radius 3 is 2.60 bits per heavy atom. The molecule has 20 heavy (non-hydrogen) atoms. The van der Waals surface area contributed by atoms with Gasteiger partial charge < -0.3 is 9.47 Å². The molecule has 1 rings (SSSR count). The Labute approximate surface area is 120 Å². The molecule has 0 aromatic heterocycles. The van der Waals surface area contributed by atoms with Crippen LogP contribution in [0, 0.1) is 0 Å². The standard InChI is InChI=1S/C16H22O4/c1-3-5-6-7-11-19-16(18)20-14-10-8-9-13(12-14)15(17)4-2/h8-10,12H,3-7,11H2,1-2H3. The summed E-state index contributed by atoms with van der Waals surface area (Å²) in [5.41, 5.74) is 0.542. The number of rotatable bonds is 8. The van der Waals surface area contributed by atoms with E-state index in [0.717, 1.165) is 25.7 Å². The van der Waals surface area contributed by atoms with Crippen LogP contribution in [0.1, 0.15) is 56.3 Å². The molecule has 1 aromatic rings. The average Bonchev–Trinajstić information content (AvgIpc) is 2.46. The molecule has 0 heterocycles. The minimum atomic E-state index is -0.720. The fraction of sp³-hybridized carbons (Fsp3) is 0.500. The Bertz CT molecular complexity index is 440. The Hall–Kier alpha value is -1.84. The first-order chi connectivity index (χ1) is 9.67. The number of hydrogen-bond acceptors (Lipinski definition) is 4. The summed E-state index contributed by atoms with van der Waals surface area (Å²) in [6, 6.07) is 6.58. The predicted octanol–water partition coefficient (Wildman–Crippen LogP) is 4.38. The number of hydrogen-bond donors (Lipinski definition) is 0. The van der Waals surface area contributed by atoms with Gasteiger partial charge in [-0.15, -0.1) is 0 Å². The largest absolute Gasteiger partial charge is 0.513 e. The van der Waals surface area contributed by atoms with Crippen LogP contribution in [0.3, 0.4) is 0 Å². The Morgan fingerprint density at radius 2 is 1.90 bits per heavy atom. The third kappa shape index (κ3) is 5.87. The second kappa shape index (κ2) is 9.13. The molecule has 0 saturated heterocycles. The van der Waals surface area contributed by atoms with Gasteiger partial charge in [-0.3, -0.25) is 4.79 Å². The zero-order valence-corrected chi connectivity index (χ0v) is 12.2. The van der Waals surface area contributed by atoms with E-state index in [1.807, 2.05) is 0 Å². The maximum atomic E-state index is 11.6. The van der Waals surface area contributed by atoms with Gasteiger partial charge in [-0.2, -0.15) is 0 Å². The van der Waals surface area contributed by atoms with Gasteiger partial charge in [0, 0.05) is 12.0 Å². The summed E-state index contributed by atoms with van der Waals surface area (Å²) in [5.74, 6) is 0.353. The molecule has 0 aliphatic heterocycles. The van der Waals surface area contributed by atoms with Crippen molar-refractivity contribution in [2.45, 2.75) is 46.0 Å². The van der Waals surface area contributed by atoms with Crippen molar-refractivity contribution in [3.05, 3.63) is 29.8 Å². The lowest BCUT2D eigenvalue weighted by molar-refractivity contribution is 0.0957. The summed E-state index contributed by atoms with van der Waals surface area (Å²) in [6.07, 6.45) is 3.87. The number of ether oxygens (including phenoxy) is 2. The van der Waals surface area contributed by atoms with Gasteiger partial charge in [-0.05, 0) is 18.6 Å². The molecule has 1 aromatic carbocycles. The fourth-order valence-corrected chi connectivity index (χ4v) is 1.75. The maximum absolute atomic E-state index is 11.6. The van der Waals surface area contributed by atoms with Gasteiger partial charge >= 0.3 is 6.16 Å². The SMILES string of the molecule is CCCCCCOC(=O)Oc1cccc(C(=O)CC)c1. The van der Waals surface area contributed by atoms with Crippen molar-refractivity contribution in [3.63, 3.8) is 0 Å².